The van der Waals surface area contributed by atoms with Crippen LogP contribution in [-0.2, 0) is 9.59 Å². The van der Waals surface area contributed by atoms with Crippen LogP contribution in [0.1, 0.15) is 63.9 Å². The Labute approximate surface area is 144 Å². The van der Waals surface area contributed by atoms with E-state index in [1.54, 1.807) is 0 Å². The van der Waals surface area contributed by atoms with Crippen molar-refractivity contribution in [2.45, 2.75) is 64.3 Å². The molecule has 24 heavy (non-hydrogen) atoms. The Morgan fingerprint density at radius 1 is 1.29 bits per heavy atom. The Kier molecular flexibility index (Phi) is 5.22. The second-order valence-electron chi connectivity index (χ2n) is 7.27. The van der Waals surface area contributed by atoms with E-state index >= 15 is 0 Å². The Balaban J connectivity index is 1.67. The van der Waals surface area contributed by atoms with Crippen LogP contribution in [0.2, 0.25) is 0 Å². The highest BCUT2D eigenvalue weighted by atomic mass is 16.2. The van der Waals surface area contributed by atoms with E-state index < -0.39 is 0 Å². The van der Waals surface area contributed by atoms with Crippen LogP contribution < -0.4 is 5.32 Å². The second kappa shape index (κ2) is 7.37. The predicted molar refractivity (Wildman–Crippen MR) is 95.9 cm³/mol. The van der Waals surface area contributed by atoms with E-state index in [2.05, 4.69) is 25.2 Å². The SMILES string of the molecule is CC[C@@H](C)c1ccccc1NC(=O)[C@@H]1CC(=O)N(C2CCCC2)C1. The monoisotopic (exact) mass is 328 g/mol. The van der Waals surface area contributed by atoms with Gasteiger partial charge in [0.25, 0.3) is 0 Å². The molecule has 0 bridgehead atoms. The smallest absolute Gasteiger partial charge is 0.229 e. The third-order valence-electron chi connectivity index (χ3n) is 5.66. The normalized spacial score (nSPS) is 22.8. The molecule has 4 nitrogen and oxygen atoms in total. The fourth-order valence-corrected chi connectivity index (χ4v) is 3.97. The van der Waals surface area contributed by atoms with Crippen LogP contribution in [0.3, 0.4) is 0 Å². The second-order valence-corrected chi connectivity index (χ2v) is 7.27. The number of likely N-dealkylation sites (tertiary alicyclic amines) is 1. The molecule has 1 saturated carbocycles. The molecule has 4 heteroatoms. The van der Waals surface area contributed by atoms with Crippen molar-refractivity contribution in [3.05, 3.63) is 29.8 Å². The molecular formula is C20H28N2O2. The van der Waals surface area contributed by atoms with E-state index in [1.165, 1.54) is 18.4 Å². The van der Waals surface area contributed by atoms with Gasteiger partial charge in [-0.25, -0.2) is 0 Å². The molecule has 1 aliphatic heterocycles. The summed E-state index contributed by atoms with van der Waals surface area (Å²) in [4.78, 5) is 26.9. The van der Waals surface area contributed by atoms with E-state index in [0.717, 1.165) is 24.9 Å². The van der Waals surface area contributed by atoms with Gasteiger partial charge in [0, 0.05) is 24.7 Å². The van der Waals surface area contributed by atoms with E-state index in [0.29, 0.717) is 24.9 Å². The third-order valence-corrected chi connectivity index (χ3v) is 5.66. The molecule has 130 valence electrons. The van der Waals surface area contributed by atoms with E-state index in [9.17, 15) is 9.59 Å². The lowest BCUT2D eigenvalue weighted by molar-refractivity contribution is -0.129. The Hall–Kier alpha value is -1.84. The molecule has 1 aromatic carbocycles. The molecule has 2 atom stereocenters. The van der Waals surface area contributed by atoms with Gasteiger partial charge in [-0.15, -0.1) is 0 Å². The minimum atomic E-state index is -0.219. The van der Waals surface area contributed by atoms with Crippen LogP contribution in [0.15, 0.2) is 24.3 Å². The topological polar surface area (TPSA) is 49.4 Å². The molecule has 1 saturated heterocycles. The summed E-state index contributed by atoms with van der Waals surface area (Å²) in [6, 6.07) is 8.37. The number of carbonyl (C=O) groups is 2. The van der Waals surface area contributed by atoms with Crippen LogP contribution in [-0.4, -0.2) is 29.3 Å². The summed E-state index contributed by atoms with van der Waals surface area (Å²) in [6.45, 7) is 4.91. The molecule has 0 radical (unpaired) electrons. The molecule has 2 amide bonds. The van der Waals surface area contributed by atoms with Crippen molar-refractivity contribution in [2.24, 2.45) is 5.92 Å². The highest BCUT2D eigenvalue weighted by Crippen LogP contribution is 2.31. The molecule has 1 heterocycles. The average Bonchev–Trinajstić information content (AvgIpc) is 3.24. The molecule has 1 N–H and O–H groups in total. The lowest BCUT2D eigenvalue weighted by Gasteiger charge is -2.24. The lowest BCUT2D eigenvalue weighted by Crippen LogP contribution is -2.35. The van der Waals surface area contributed by atoms with Gasteiger partial charge >= 0.3 is 0 Å². The van der Waals surface area contributed by atoms with Gasteiger partial charge in [0.2, 0.25) is 11.8 Å². The first-order valence-electron chi connectivity index (χ1n) is 9.29. The Bertz CT molecular complexity index is 607. The van der Waals surface area contributed by atoms with E-state index in [4.69, 9.17) is 0 Å². The predicted octanol–water partition coefficient (Wildman–Crippen LogP) is 3.93. The summed E-state index contributed by atoms with van der Waals surface area (Å²) in [5, 5.41) is 3.08. The summed E-state index contributed by atoms with van der Waals surface area (Å²) in [6.07, 6.45) is 5.98. The van der Waals surface area contributed by atoms with Gasteiger partial charge in [-0.1, -0.05) is 44.9 Å². The number of anilines is 1. The van der Waals surface area contributed by atoms with Crippen molar-refractivity contribution in [1.29, 1.82) is 0 Å². The highest BCUT2D eigenvalue weighted by Gasteiger charge is 2.38. The van der Waals surface area contributed by atoms with Crippen molar-refractivity contribution >= 4 is 17.5 Å². The quantitative estimate of drug-likeness (QED) is 0.890. The number of hydrogen-bond acceptors (Lipinski definition) is 2. The van der Waals surface area contributed by atoms with Gasteiger partial charge in [0.1, 0.15) is 0 Å². The maximum atomic E-state index is 12.7. The molecule has 3 rings (SSSR count). The summed E-state index contributed by atoms with van der Waals surface area (Å²) < 4.78 is 0. The first-order valence-corrected chi connectivity index (χ1v) is 9.29. The minimum absolute atomic E-state index is 0.0143. The molecule has 0 aromatic heterocycles. The molecule has 0 spiro atoms. The minimum Gasteiger partial charge on any atom is -0.339 e. The summed E-state index contributed by atoms with van der Waals surface area (Å²) >= 11 is 0. The summed E-state index contributed by atoms with van der Waals surface area (Å²) in [7, 11) is 0. The van der Waals surface area contributed by atoms with Crippen LogP contribution >= 0.6 is 0 Å². The zero-order valence-electron chi connectivity index (χ0n) is 14.8. The number of amides is 2. The number of benzene rings is 1. The fourth-order valence-electron chi connectivity index (χ4n) is 3.97. The number of nitrogens with zero attached hydrogens (tertiary/aromatic N) is 1. The molecule has 1 aliphatic carbocycles. The zero-order valence-corrected chi connectivity index (χ0v) is 14.8. The number of nitrogens with one attached hydrogen (secondary N) is 1. The Morgan fingerprint density at radius 3 is 2.71 bits per heavy atom. The van der Waals surface area contributed by atoms with E-state index in [-0.39, 0.29) is 17.7 Å². The standard InChI is InChI=1S/C20H28N2O2/c1-3-14(2)17-10-6-7-11-18(17)21-20(24)15-12-19(23)22(13-15)16-8-4-5-9-16/h6-7,10-11,14-16H,3-5,8-9,12-13H2,1-2H3,(H,21,24)/t14-,15-/m1/s1. The molecule has 2 aliphatic rings. The van der Waals surface area contributed by atoms with Crippen molar-refractivity contribution < 1.29 is 9.59 Å². The van der Waals surface area contributed by atoms with Crippen LogP contribution in [0, 0.1) is 5.92 Å². The summed E-state index contributed by atoms with van der Waals surface area (Å²) in [5.74, 6) is 0.321. The van der Waals surface area contributed by atoms with Crippen molar-refractivity contribution in [3.8, 4) is 0 Å². The average molecular weight is 328 g/mol. The number of rotatable bonds is 5. The first-order chi connectivity index (χ1) is 11.6. The van der Waals surface area contributed by atoms with Crippen molar-refractivity contribution in [1.82, 2.24) is 4.90 Å². The van der Waals surface area contributed by atoms with Crippen molar-refractivity contribution in [2.75, 3.05) is 11.9 Å². The highest BCUT2D eigenvalue weighted by molar-refractivity contribution is 5.97. The van der Waals surface area contributed by atoms with Crippen LogP contribution in [0.4, 0.5) is 5.69 Å². The van der Waals surface area contributed by atoms with Crippen LogP contribution in [0.5, 0.6) is 0 Å². The molecule has 1 aromatic rings. The Morgan fingerprint density at radius 2 is 2.00 bits per heavy atom. The lowest BCUT2D eigenvalue weighted by atomic mass is 9.96. The van der Waals surface area contributed by atoms with Gasteiger partial charge in [0.05, 0.1) is 5.92 Å². The van der Waals surface area contributed by atoms with Crippen molar-refractivity contribution in [3.63, 3.8) is 0 Å². The number of hydrogen-bond donors (Lipinski definition) is 1. The van der Waals surface area contributed by atoms with Crippen LogP contribution in [0.25, 0.3) is 0 Å². The number of para-hydroxylation sites is 1. The van der Waals surface area contributed by atoms with E-state index in [1.807, 2.05) is 23.1 Å². The zero-order chi connectivity index (χ0) is 17.1. The van der Waals surface area contributed by atoms with Gasteiger partial charge in [-0.05, 0) is 36.8 Å². The molecule has 0 unspecified atom stereocenters. The maximum Gasteiger partial charge on any atom is 0.229 e. The molecule has 2 fully saturated rings. The fraction of sp³-hybridized carbons (Fsp3) is 0.600. The largest absolute Gasteiger partial charge is 0.339 e. The van der Waals surface area contributed by atoms with Gasteiger partial charge in [-0.3, -0.25) is 9.59 Å². The third kappa shape index (κ3) is 3.47. The number of carbonyl (C=O) groups excluding carboxylic acids is 2. The summed E-state index contributed by atoms with van der Waals surface area (Å²) in [5.41, 5.74) is 2.06. The first kappa shape index (κ1) is 17.0. The van der Waals surface area contributed by atoms with Gasteiger partial charge in [0.15, 0.2) is 0 Å². The molecular weight excluding hydrogens is 300 g/mol. The van der Waals surface area contributed by atoms with Gasteiger partial charge < -0.3 is 10.2 Å². The van der Waals surface area contributed by atoms with Gasteiger partial charge in [-0.2, -0.15) is 0 Å². The maximum absolute atomic E-state index is 12.7.